The zero-order chi connectivity index (χ0) is 17.1. The fourth-order valence-corrected chi connectivity index (χ4v) is 3.21. The predicted molar refractivity (Wildman–Crippen MR) is 99.6 cm³/mol. The van der Waals surface area contributed by atoms with E-state index in [0.29, 0.717) is 11.3 Å². The van der Waals surface area contributed by atoms with Crippen molar-refractivity contribution in [3.63, 3.8) is 0 Å². The molecule has 0 fully saturated rings. The summed E-state index contributed by atoms with van der Waals surface area (Å²) in [7, 11) is 0. The average Bonchev–Trinajstić information content (AvgIpc) is 2.90. The highest BCUT2D eigenvalue weighted by Crippen LogP contribution is 2.32. The summed E-state index contributed by atoms with van der Waals surface area (Å²) in [5.74, 6) is -0.325. The lowest BCUT2D eigenvalue weighted by Gasteiger charge is -2.11. The molecule has 0 saturated carbocycles. The van der Waals surface area contributed by atoms with Gasteiger partial charge in [-0.15, -0.1) is 11.8 Å². The molecule has 4 nitrogen and oxygen atoms in total. The highest BCUT2D eigenvalue weighted by Gasteiger charge is 2.28. The van der Waals surface area contributed by atoms with E-state index in [1.807, 2.05) is 36.6 Å². The fourth-order valence-electron chi connectivity index (χ4n) is 2.37. The third-order valence-corrected chi connectivity index (χ3v) is 4.59. The number of amides is 1. The molecule has 0 atom stereocenters. The molecule has 120 valence electrons. The van der Waals surface area contributed by atoms with Crippen molar-refractivity contribution in [2.75, 3.05) is 11.6 Å². The molecule has 0 radical (unpaired) electrons. The molecule has 0 bridgehead atoms. The number of nitrogens with zero attached hydrogens (tertiary/aromatic N) is 2. The second-order valence-electron chi connectivity index (χ2n) is 5.00. The summed E-state index contributed by atoms with van der Waals surface area (Å²) in [6.07, 6.45) is 5.29. The lowest BCUT2D eigenvalue weighted by molar-refractivity contribution is -0.112. The average molecular weight is 356 g/mol. The zero-order valence-corrected chi connectivity index (χ0v) is 14.5. The molecule has 2 heterocycles. The zero-order valence-electron chi connectivity index (χ0n) is 12.9. The summed E-state index contributed by atoms with van der Waals surface area (Å²) < 4.78 is 0. The highest BCUT2D eigenvalue weighted by molar-refractivity contribution is 7.98. The van der Waals surface area contributed by atoms with Gasteiger partial charge < -0.3 is 5.32 Å². The van der Waals surface area contributed by atoms with E-state index >= 15 is 0 Å². The molecule has 24 heavy (non-hydrogen) atoms. The van der Waals surface area contributed by atoms with E-state index < -0.39 is 0 Å². The van der Waals surface area contributed by atoms with Crippen LogP contribution in [0.2, 0.25) is 0 Å². The van der Waals surface area contributed by atoms with E-state index in [2.05, 4.69) is 21.9 Å². The summed E-state index contributed by atoms with van der Waals surface area (Å²) in [4.78, 5) is 22.0. The third kappa shape index (κ3) is 3.13. The van der Waals surface area contributed by atoms with Crippen LogP contribution in [0.25, 0.3) is 0 Å². The van der Waals surface area contributed by atoms with Gasteiger partial charge in [0.1, 0.15) is 5.16 Å². The number of aromatic nitrogens is 1. The SMILES string of the molecule is C=C1C(c2cccnc2)=NC(Cl)=C1C(=O)Nc1ccccc1SC. The monoisotopic (exact) mass is 355 g/mol. The summed E-state index contributed by atoms with van der Waals surface area (Å²) >= 11 is 7.75. The Labute approximate surface area is 149 Å². The largest absolute Gasteiger partial charge is 0.321 e. The minimum Gasteiger partial charge on any atom is -0.321 e. The number of benzene rings is 1. The van der Waals surface area contributed by atoms with Crippen LogP contribution in [0.15, 0.2) is 81.6 Å². The second-order valence-corrected chi connectivity index (χ2v) is 6.21. The first-order valence-electron chi connectivity index (χ1n) is 7.14. The number of hydrogen-bond donors (Lipinski definition) is 1. The molecule has 1 aliphatic rings. The number of carbonyl (C=O) groups is 1. The smallest absolute Gasteiger partial charge is 0.259 e. The number of rotatable bonds is 4. The molecule has 2 aromatic rings. The van der Waals surface area contributed by atoms with Gasteiger partial charge in [-0.05, 0) is 30.5 Å². The molecule has 0 saturated heterocycles. The van der Waals surface area contributed by atoms with Gasteiger partial charge in [0, 0.05) is 28.4 Å². The Balaban J connectivity index is 1.84. The Hall–Kier alpha value is -2.37. The van der Waals surface area contributed by atoms with Crippen LogP contribution in [0.3, 0.4) is 0 Å². The first kappa shape index (κ1) is 16.5. The quantitative estimate of drug-likeness (QED) is 0.658. The van der Waals surface area contributed by atoms with E-state index in [1.165, 1.54) is 0 Å². The van der Waals surface area contributed by atoms with E-state index in [4.69, 9.17) is 11.6 Å². The van der Waals surface area contributed by atoms with Crippen molar-refractivity contribution in [1.29, 1.82) is 0 Å². The highest BCUT2D eigenvalue weighted by atomic mass is 35.5. The maximum atomic E-state index is 12.7. The minimum atomic E-state index is -0.325. The normalized spacial score (nSPS) is 13.9. The Bertz CT molecular complexity index is 875. The lowest BCUT2D eigenvalue weighted by atomic mass is 10.0. The molecular weight excluding hydrogens is 342 g/mol. The molecular formula is C18H14ClN3OS. The molecule has 6 heteroatoms. The van der Waals surface area contributed by atoms with Gasteiger partial charge in [-0.2, -0.15) is 0 Å². The van der Waals surface area contributed by atoms with E-state index in [-0.39, 0.29) is 16.6 Å². The van der Waals surface area contributed by atoms with Gasteiger partial charge in [0.05, 0.1) is 17.0 Å². The van der Waals surface area contributed by atoms with Crippen molar-refractivity contribution >= 4 is 40.7 Å². The van der Waals surface area contributed by atoms with Crippen LogP contribution in [0.1, 0.15) is 5.56 Å². The molecule has 1 aliphatic heterocycles. The maximum Gasteiger partial charge on any atom is 0.259 e. The summed E-state index contributed by atoms with van der Waals surface area (Å²) in [5.41, 5.74) is 2.84. The van der Waals surface area contributed by atoms with Crippen LogP contribution in [0.4, 0.5) is 5.69 Å². The van der Waals surface area contributed by atoms with Gasteiger partial charge in [-0.1, -0.05) is 30.3 Å². The van der Waals surface area contributed by atoms with Gasteiger partial charge in [-0.25, -0.2) is 4.99 Å². The van der Waals surface area contributed by atoms with Gasteiger partial charge in [0.25, 0.3) is 5.91 Å². The first-order valence-corrected chi connectivity index (χ1v) is 8.75. The van der Waals surface area contributed by atoms with Crippen LogP contribution in [0.5, 0.6) is 0 Å². The van der Waals surface area contributed by atoms with Crippen molar-refractivity contribution in [3.05, 3.63) is 77.2 Å². The Morgan fingerprint density at radius 3 is 2.75 bits per heavy atom. The summed E-state index contributed by atoms with van der Waals surface area (Å²) in [6.45, 7) is 3.98. The van der Waals surface area contributed by atoms with Gasteiger partial charge in [0.2, 0.25) is 0 Å². The number of aliphatic imine (C=N–C) groups is 1. The molecule has 3 rings (SSSR count). The lowest BCUT2D eigenvalue weighted by Crippen LogP contribution is -2.17. The topological polar surface area (TPSA) is 54.4 Å². The van der Waals surface area contributed by atoms with Crippen LogP contribution in [-0.2, 0) is 4.79 Å². The number of halogens is 1. The first-order chi connectivity index (χ1) is 11.6. The van der Waals surface area contributed by atoms with Gasteiger partial charge in [-0.3, -0.25) is 9.78 Å². The van der Waals surface area contributed by atoms with Gasteiger partial charge in [0.15, 0.2) is 0 Å². The number of anilines is 1. The van der Waals surface area contributed by atoms with Crippen molar-refractivity contribution in [3.8, 4) is 0 Å². The third-order valence-electron chi connectivity index (χ3n) is 3.52. The standard InChI is InChI=1S/C18H14ClN3OS/c1-11-15(17(19)22-16(11)12-6-5-9-20-10-12)18(23)21-13-7-3-4-8-14(13)24-2/h3-10H,1H2,2H3,(H,21,23). The van der Waals surface area contributed by atoms with E-state index in [0.717, 1.165) is 16.1 Å². The Morgan fingerprint density at radius 1 is 1.25 bits per heavy atom. The summed E-state index contributed by atoms with van der Waals surface area (Å²) in [6, 6.07) is 11.2. The number of thioether (sulfide) groups is 1. The number of nitrogens with one attached hydrogen (secondary N) is 1. The Morgan fingerprint density at radius 2 is 2.04 bits per heavy atom. The number of hydrogen-bond acceptors (Lipinski definition) is 4. The molecule has 1 amide bonds. The van der Waals surface area contributed by atoms with E-state index in [1.54, 1.807) is 30.2 Å². The van der Waals surface area contributed by atoms with Crippen molar-refractivity contribution in [2.45, 2.75) is 4.90 Å². The fraction of sp³-hybridized carbons (Fsp3) is 0.0556. The maximum absolute atomic E-state index is 12.7. The number of para-hydroxylation sites is 1. The Kier molecular flexibility index (Phi) is 4.83. The minimum absolute atomic E-state index is 0.137. The van der Waals surface area contributed by atoms with Crippen molar-refractivity contribution < 1.29 is 4.79 Å². The molecule has 1 N–H and O–H groups in total. The molecule has 0 spiro atoms. The van der Waals surface area contributed by atoms with Crippen LogP contribution < -0.4 is 5.32 Å². The number of carbonyl (C=O) groups excluding carboxylic acids is 1. The van der Waals surface area contributed by atoms with Crippen LogP contribution in [-0.4, -0.2) is 22.9 Å². The van der Waals surface area contributed by atoms with Gasteiger partial charge >= 0.3 is 0 Å². The second kappa shape index (κ2) is 7.03. The molecule has 1 aromatic heterocycles. The van der Waals surface area contributed by atoms with Crippen molar-refractivity contribution in [1.82, 2.24) is 4.98 Å². The molecule has 0 aliphatic carbocycles. The van der Waals surface area contributed by atoms with E-state index in [9.17, 15) is 4.79 Å². The van der Waals surface area contributed by atoms with Crippen molar-refractivity contribution in [2.24, 2.45) is 4.99 Å². The molecule has 0 unspecified atom stereocenters. The molecule has 1 aromatic carbocycles. The predicted octanol–water partition coefficient (Wildman–Crippen LogP) is 4.25. The van der Waals surface area contributed by atoms with Crippen LogP contribution in [0, 0.1) is 0 Å². The summed E-state index contributed by atoms with van der Waals surface area (Å²) in [5, 5.41) is 3.02. The van der Waals surface area contributed by atoms with Crippen LogP contribution >= 0.6 is 23.4 Å². The number of pyridine rings is 1.